The highest BCUT2D eigenvalue weighted by Crippen LogP contribution is 1.78. The molecule has 0 aromatic carbocycles. The van der Waals surface area contributed by atoms with Crippen LogP contribution in [0.15, 0.2) is 10.3 Å². The molecule has 8 nitrogen and oxygen atoms in total. The van der Waals surface area contributed by atoms with Gasteiger partial charge in [-0.3, -0.25) is 0 Å². The summed E-state index contributed by atoms with van der Waals surface area (Å²) in [5.41, 5.74) is 0. The lowest BCUT2D eigenvalue weighted by atomic mass is 10.8. The minimum Gasteiger partial charge on any atom is -0.738 e. The van der Waals surface area contributed by atoms with Crippen LogP contribution < -0.4 is 0 Å². The van der Waals surface area contributed by atoms with Gasteiger partial charge in [0, 0.05) is 0 Å². The van der Waals surface area contributed by atoms with Gasteiger partial charge in [-0.2, -0.15) is 0 Å². The van der Waals surface area contributed by atoms with E-state index in [0.717, 1.165) is 12.4 Å². The zero-order valence-corrected chi connectivity index (χ0v) is 6.95. The Morgan fingerprint density at radius 1 is 1.00 bits per heavy atom. The van der Waals surface area contributed by atoms with Gasteiger partial charge in [0.25, 0.3) is 0 Å². The molecule has 0 spiro atoms. The maximum atomic E-state index is 9.63. The molecule has 0 aliphatic carbocycles. The van der Waals surface area contributed by atoms with Crippen LogP contribution in [0.2, 0.25) is 0 Å². The van der Waals surface area contributed by atoms with Crippen molar-refractivity contribution >= 4 is 35.2 Å². The molecule has 0 saturated carbocycles. The van der Waals surface area contributed by atoms with Crippen LogP contribution in [-0.2, 0) is 31.3 Å². The van der Waals surface area contributed by atoms with Crippen LogP contribution in [0.25, 0.3) is 0 Å². The Balaban J connectivity index is 3.52. The first kappa shape index (κ1) is 11.2. The second-order valence-corrected chi connectivity index (χ2v) is 2.18. The van der Waals surface area contributed by atoms with Gasteiger partial charge in [0.1, 0.15) is 0 Å². The molecule has 0 aliphatic heterocycles. The summed E-state index contributed by atoms with van der Waals surface area (Å²) in [6.45, 7) is 0. The molecule has 10 heteroatoms. The SMILES string of the molecule is O=S([O-])ON=CC=NOS(=O)[O-]. The monoisotopic (exact) mass is 214 g/mol. The summed E-state index contributed by atoms with van der Waals surface area (Å²) in [4.78, 5) is 0. The van der Waals surface area contributed by atoms with Gasteiger partial charge in [0.05, 0.1) is 12.4 Å². The molecule has 0 bridgehead atoms. The third-order valence-corrected chi connectivity index (χ3v) is 0.812. The van der Waals surface area contributed by atoms with Gasteiger partial charge in [0.15, 0.2) is 22.7 Å². The Hall–Kier alpha value is -0.840. The van der Waals surface area contributed by atoms with Crippen LogP contribution in [0.5, 0.6) is 0 Å². The fourth-order valence-corrected chi connectivity index (χ4v) is 0.414. The molecular weight excluding hydrogens is 212 g/mol. The molecule has 0 saturated heterocycles. The van der Waals surface area contributed by atoms with E-state index in [4.69, 9.17) is 0 Å². The number of oxime groups is 2. The van der Waals surface area contributed by atoms with Crippen molar-refractivity contribution in [3.63, 3.8) is 0 Å². The Bertz CT molecular complexity index is 202. The van der Waals surface area contributed by atoms with Gasteiger partial charge in [-0.05, 0) is 0 Å². The lowest BCUT2D eigenvalue weighted by molar-refractivity contribution is 0.316. The summed E-state index contributed by atoms with van der Waals surface area (Å²) < 4.78 is 45.8. The highest BCUT2D eigenvalue weighted by Gasteiger charge is 1.75. The second kappa shape index (κ2) is 6.84. The van der Waals surface area contributed by atoms with E-state index in [0.29, 0.717) is 0 Å². The molecule has 0 aromatic heterocycles. The molecule has 0 radical (unpaired) electrons. The zero-order valence-electron chi connectivity index (χ0n) is 5.32. The van der Waals surface area contributed by atoms with Gasteiger partial charge in [-0.1, -0.05) is 10.3 Å². The molecule has 0 N–H and O–H groups in total. The van der Waals surface area contributed by atoms with Crippen molar-refractivity contribution in [2.45, 2.75) is 0 Å². The largest absolute Gasteiger partial charge is 0.738 e. The number of hydrogen-bond acceptors (Lipinski definition) is 8. The maximum Gasteiger partial charge on any atom is 0.169 e. The Morgan fingerprint density at radius 3 is 1.58 bits per heavy atom. The first-order valence-corrected chi connectivity index (χ1v) is 4.21. The van der Waals surface area contributed by atoms with Gasteiger partial charge < -0.3 is 17.7 Å². The predicted molar refractivity (Wildman–Crippen MR) is 37.0 cm³/mol. The van der Waals surface area contributed by atoms with Crippen LogP contribution >= 0.6 is 0 Å². The normalized spacial score (nSPS) is 16.5. The molecule has 0 aliphatic rings. The van der Waals surface area contributed by atoms with Crippen molar-refractivity contribution < 1.29 is 26.1 Å². The summed E-state index contributed by atoms with van der Waals surface area (Å²) in [6.07, 6.45) is 1.56. The van der Waals surface area contributed by atoms with E-state index in [9.17, 15) is 17.5 Å². The van der Waals surface area contributed by atoms with Crippen LogP contribution in [0.3, 0.4) is 0 Å². The number of hydrogen-bond donors (Lipinski definition) is 0. The molecule has 70 valence electrons. The van der Waals surface area contributed by atoms with E-state index in [2.05, 4.69) is 18.9 Å². The van der Waals surface area contributed by atoms with Crippen molar-refractivity contribution in [2.75, 3.05) is 0 Å². The highest BCUT2D eigenvalue weighted by atomic mass is 32.2. The lowest BCUT2D eigenvalue weighted by Crippen LogP contribution is -1.90. The Morgan fingerprint density at radius 2 is 1.33 bits per heavy atom. The lowest BCUT2D eigenvalue weighted by Gasteiger charge is -1.97. The highest BCUT2D eigenvalue weighted by molar-refractivity contribution is 7.74. The molecule has 12 heavy (non-hydrogen) atoms. The van der Waals surface area contributed by atoms with E-state index in [1.165, 1.54) is 0 Å². The van der Waals surface area contributed by atoms with E-state index in [-0.39, 0.29) is 0 Å². The molecule has 0 rings (SSSR count). The van der Waals surface area contributed by atoms with Crippen molar-refractivity contribution in [2.24, 2.45) is 10.3 Å². The molecule has 0 aromatic rings. The van der Waals surface area contributed by atoms with Gasteiger partial charge >= 0.3 is 0 Å². The van der Waals surface area contributed by atoms with Gasteiger partial charge in [-0.25, -0.2) is 8.42 Å². The molecule has 2 atom stereocenters. The van der Waals surface area contributed by atoms with Crippen LogP contribution in [0.1, 0.15) is 0 Å². The van der Waals surface area contributed by atoms with Crippen LogP contribution in [0.4, 0.5) is 0 Å². The topological polar surface area (TPSA) is 123 Å². The number of nitrogens with zero attached hydrogens (tertiary/aromatic N) is 2. The van der Waals surface area contributed by atoms with Crippen LogP contribution in [0, 0.1) is 0 Å². The summed E-state index contributed by atoms with van der Waals surface area (Å²) in [5, 5.41) is 5.60. The minimum atomic E-state index is -2.75. The Labute approximate surface area is 72.2 Å². The summed E-state index contributed by atoms with van der Waals surface area (Å²) in [6, 6.07) is 0. The Kier molecular flexibility index (Phi) is 6.37. The second-order valence-electron chi connectivity index (χ2n) is 1.07. The first-order valence-electron chi connectivity index (χ1n) is 2.21. The smallest absolute Gasteiger partial charge is 0.169 e. The quantitative estimate of drug-likeness (QED) is 0.314. The third kappa shape index (κ3) is 9.16. The van der Waals surface area contributed by atoms with E-state index >= 15 is 0 Å². The molecule has 0 amide bonds. The molecule has 2 unspecified atom stereocenters. The third-order valence-electron chi connectivity index (χ3n) is 0.396. The van der Waals surface area contributed by atoms with Crippen LogP contribution in [-0.4, -0.2) is 30.0 Å². The van der Waals surface area contributed by atoms with Gasteiger partial charge in [-0.15, -0.1) is 0 Å². The fourth-order valence-electron chi connectivity index (χ4n) is 0.174. The average molecular weight is 214 g/mol. The maximum absolute atomic E-state index is 9.63. The molecule has 0 heterocycles. The standard InChI is InChI=1S/C2H4N2O6S2/c5-11(6)9-3-1-2-4-10-12(7)8/h1-2H,(H,5,6)(H,7,8)/p-2. The molecule has 0 fully saturated rings. The predicted octanol–water partition coefficient (Wildman–Crippen LogP) is -1.42. The average Bonchev–Trinajstić information content (AvgIpc) is 1.95. The fraction of sp³-hybridized carbons (Fsp3) is 0. The van der Waals surface area contributed by atoms with Crippen molar-refractivity contribution in [3.05, 3.63) is 0 Å². The minimum absolute atomic E-state index is 0.780. The summed E-state index contributed by atoms with van der Waals surface area (Å²) in [5.74, 6) is 0. The van der Waals surface area contributed by atoms with Crippen molar-refractivity contribution in [3.8, 4) is 0 Å². The number of rotatable bonds is 5. The van der Waals surface area contributed by atoms with Gasteiger partial charge in [0.2, 0.25) is 0 Å². The van der Waals surface area contributed by atoms with Crippen molar-refractivity contribution in [1.29, 1.82) is 0 Å². The summed E-state index contributed by atoms with van der Waals surface area (Å²) >= 11 is -5.50. The van der Waals surface area contributed by atoms with E-state index < -0.39 is 22.7 Å². The first-order chi connectivity index (χ1) is 5.63. The zero-order chi connectivity index (χ0) is 9.40. The summed E-state index contributed by atoms with van der Waals surface area (Å²) in [7, 11) is 0. The molecular formula is C2H2N2O6S2-2. The van der Waals surface area contributed by atoms with E-state index in [1.54, 1.807) is 0 Å². The van der Waals surface area contributed by atoms with E-state index in [1.807, 2.05) is 0 Å². The van der Waals surface area contributed by atoms with Crippen molar-refractivity contribution in [1.82, 2.24) is 0 Å².